The van der Waals surface area contributed by atoms with Crippen molar-refractivity contribution in [1.82, 2.24) is 5.32 Å². The van der Waals surface area contributed by atoms with Gasteiger partial charge in [0.15, 0.2) is 11.6 Å². The Bertz CT molecular complexity index is 398. The van der Waals surface area contributed by atoms with Crippen LogP contribution in [-0.2, 0) is 11.2 Å². The lowest BCUT2D eigenvalue weighted by atomic mass is 9.98. The monoisotopic (exact) mass is 283 g/mol. The molecule has 20 heavy (non-hydrogen) atoms. The fourth-order valence-electron chi connectivity index (χ4n) is 2.46. The Hall–Kier alpha value is -1.13. The SMILES string of the molecule is CCCC(OC)C(Cc1ccc(OC)c(F)c1)NCC. The van der Waals surface area contributed by atoms with Crippen LogP contribution in [0.1, 0.15) is 32.3 Å². The van der Waals surface area contributed by atoms with Crippen molar-refractivity contribution in [1.29, 1.82) is 0 Å². The fourth-order valence-corrected chi connectivity index (χ4v) is 2.46. The summed E-state index contributed by atoms with van der Waals surface area (Å²) in [5.41, 5.74) is 0.951. The van der Waals surface area contributed by atoms with Crippen molar-refractivity contribution in [2.75, 3.05) is 20.8 Å². The van der Waals surface area contributed by atoms with E-state index in [9.17, 15) is 4.39 Å². The lowest BCUT2D eigenvalue weighted by Crippen LogP contribution is -2.42. The summed E-state index contributed by atoms with van der Waals surface area (Å²) in [5.74, 6) is -0.0321. The molecule has 0 radical (unpaired) electrons. The van der Waals surface area contributed by atoms with Crippen LogP contribution in [0.2, 0.25) is 0 Å². The minimum Gasteiger partial charge on any atom is -0.494 e. The van der Waals surface area contributed by atoms with Crippen LogP contribution in [-0.4, -0.2) is 32.9 Å². The van der Waals surface area contributed by atoms with Gasteiger partial charge in [-0.15, -0.1) is 0 Å². The Labute approximate surface area is 121 Å². The zero-order valence-corrected chi connectivity index (χ0v) is 12.9. The van der Waals surface area contributed by atoms with Crippen molar-refractivity contribution in [2.45, 2.75) is 45.3 Å². The van der Waals surface area contributed by atoms with Crippen molar-refractivity contribution < 1.29 is 13.9 Å². The van der Waals surface area contributed by atoms with Crippen LogP contribution >= 0.6 is 0 Å². The molecule has 114 valence electrons. The molecule has 0 aliphatic heterocycles. The van der Waals surface area contributed by atoms with Crippen molar-refractivity contribution in [3.8, 4) is 5.75 Å². The van der Waals surface area contributed by atoms with Gasteiger partial charge in [-0.3, -0.25) is 0 Å². The standard InChI is InChI=1S/C16H26FNO2/c1-5-7-16(20-4)14(18-6-2)11-12-8-9-15(19-3)13(17)10-12/h8-10,14,16,18H,5-7,11H2,1-4H3. The van der Waals surface area contributed by atoms with Crippen LogP contribution in [0.25, 0.3) is 0 Å². The predicted molar refractivity (Wildman–Crippen MR) is 79.8 cm³/mol. The average Bonchev–Trinajstić information content (AvgIpc) is 2.44. The van der Waals surface area contributed by atoms with Crippen molar-refractivity contribution in [2.24, 2.45) is 0 Å². The smallest absolute Gasteiger partial charge is 0.165 e. The number of rotatable bonds is 9. The first kappa shape index (κ1) is 16.9. The lowest BCUT2D eigenvalue weighted by Gasteiger charge is -2.26. The van der Waals surface area contributed by atoms with Gasteiger partial charge in [0.1, 0.15) is 0 Å². The Balaban J connectivity index is 2.81. The zero-order valence-electron chi connectivity index (χ0n) is 12.9. The molecule has 3 nitrogen and oxygen atoms in total. The van der Waals surface area contributed by atoms with E-state index in [4.69, 9.17) is 9.47 Å². The summed E-state index contributed by atoms with van der Waals surface area (Å²) >= 11 is 0. The second-order valence-electron chi connectivity index (χ2n) is 4.90. The maximum Gasteiger partial charge on any atom is 0.165 e. The lowest BCUT2D eigenvalue weighted by molar-refractivity contribution is 0.0614. The highest BCUT2D eigenvalue weighted by molar-refractivity contribution is 5.29. The van der Waals surface area contributed by atoms with E-state index < -0.39 is 0 Å². The van der Waals surface area contributed by atoms with E-state index in [0.717, 1.165) is 31.4 Å². The van der Waals surface area contributed by atoms with E-state index >= 15 is 0 Å². The predicted octanol–water partition coefficient (Wildman–Crippen LogP) is 3.17. The van der Waals surface area contributed by atoms with Crippen molar-refractivity contribution in [3.63, 3.8) is 0 Å². The molecule has 0 amide bonds. The van der Waals surface area contributed by atoms with Crippen molar-refractivity contribution >= 4 is 0 Å². The topological polar surface area (TPSA) is 30.5 Å². The normalized spacial score (nSPS) is 14.1. The number of benzene rings is 1. The van der Waals surface area contributed by atoms with Crippen molar-refractivity contribution in [3.05, 3.63) is 29.6 Å². The van der Waals surface area contributed by atoms with Crippen LogP contribution in [0.15, 0.2) is 18.2 Å². The molecule has 0 aliphatic carbocycles. The summed E-state index contributed by atoms with van der Waals surface area (Å²) in [7, 11) is 3.21. The summed E-state index contributed by atoms with van der Waals surface area (Å²) in [5, 5.41) is 3.44. The van der Waals surface area contributed by atoms with Gasteiger partial charge in [-0.25, -0.2) is 4.39 Å². The van der Waals surface area contributed by atoms with Gasteiger partial charge < -0.3 is 14.8 Å². The second kappa shape index (κ2) is 8.93. The summed E-state index contributed by atoms with van der Waals surface area (Å²) in [6, 6.07) is 5.32. The van der Waals surface area contributed by atoms with Gasteiger partial charge in [0, 0.05) is 13.2 Å². The number of nitrogens with one attached hydrogen (secondary N) is 1. The minimum absolute atomic E-state index is 0.144. The molecule has 0 bridgehead atoms. The largest absolute Gasteiger partial charge is 0.494 e. The van der Waals surface area contributed by atoms with Gasteiger partial charge in [0.05, 0.1) is 13.2 Å². The van der Waals surface area contributed by atoms with E-state index in [2.05, 4.69) is 19.2 Å². The van der Waals surface area contributed by atoms with Crippen LogP contribution in [0.5, 0.6) is 5.75 Å². The van der Waals surface area contributed by atoms with Gasteiger partial charge in [0.2, 0.25) is 0 Å². The molecule has 0 spiro atoms. The van der Waals surface area contributed by atoms with Crippen LogP contribution < -0.4 is 10.1 Å². The van der Waals surface area contributed by atoms with Gasteiger partial charge in [-0.05, 0) is 37.1 Å². The maximum absolute atomic E-state index is 13.7. The molecule has 0 aliphatic rings. The average molecular weight is 283 g/mol. The Morgan fingerprint density at radius 1 is 1.25 bits per heavy atom. The van der Waals surface area contributed by atoms with E-state index in [1.807, 2.05) is 6.07 Å². The van der Waals surface area contributed by atoms with Gasteiger partial charge >= 0.3 is 0 Å². The summed E-state index contributed by atoms with van der Waals surface area (Å²) in [6.07, 6.45) is 2.95. The molecular weight excluding hydrogens is 257 g/mol. The number of hydrogen-bond acceptors (Lipinski definition) is 3. The number of hydrogen-bond donors (Lipinski definition) is 1. The molecule has 4 heteroatoms. The Kier molecular flexibility index (Phi) is 7.55. The van der Waals surface area contributed by atoms with Crippen LogP contribution in [0, 0.1) is 5.82 Å². The Morgan fingerprint density at radius 3 is 2.50 bits per heavy atom. The first-order valence-corrected chi connectivity index (χ1v) is 7.24. The molecule has 0 saturated carbocycles. The third kappa shape index (κ3) is 4.76. The molecule has 1 aromatic carbocycles. The number of methoxy groups -OCH3 is 2. The second-order valence-corrected chi connectivity index (χ2v) is 4.90. The Morgan fingerprint density at radius 2 is 2.00 bits per heavy atom. The number of ether oxygens (including phenoxy) is 2. The summed E-state index contributed by atoms with van der Waals surface area (Å²) in [6.45, 7) is 5.08. The van der Waals surface area contributed by atoms with Crippen LogP contribution in [0.3, 0.4) is 0 Å². The molecule has 1 rings (SSSR count). The quantitative estimate of drug-likeness (QED) is 0.755. The van der Waals surface area contributed by atoms with Gasteiger partial charge in [-0.2, -0.15) is 0 Å². The molecule has 1 aromatic rings. The maximum atomic E-state index is 13.7. The number of halogens is 1. The molecule has 0 saturated heterocycles. The van der Waals surface area contributed by atoms with E-state index in [-0.39, 0.29) is 23.7 Å². The highest BCUT2D eigenvalue weighted by Gasteiger charge is 2.20. The van der Waals surface area contributed by atoms with Crippen LogP contribution in [0.4, 0.5) is 4.39 Å². The van der Waals surface area contributed by atoms with E-state index in [0.29, 0.717) is 0 Å². The third-order valence-corrected chi connectivity index (χ3v) is 3.46. The van der Waals surface area contributed by atoms with Gasteiger partial charge in [-0.1, -0.05) is 26.3 Å². The summed E-state index contributed by atoms with van der Waals surface area (Å²) < 4.78 is 24.3. The van der Waals surface area contributed by atoms with Gasteiger partial charge in [0.25, 0.3) is 0 Å². The fraction of sp³-hybridized carbons (Fsp3) is 0.625. The molecule has 0 heterocycles. The highest BCUT2D eigenvalue weighted by Crippen LogP contribution is 2.20. The summed E-state index contributed by atoms with van der Waals surface area (Å²) in [4.78, 5) is 0. The first-order chi connectivity index (χ1) is 9.65. The highest BCUT2D eigenvalue weighted by atomic mass is 19.1. The first-order valence-electron chi connectivity index (χ1n) is 7.24. The third-order valence-electron chi connectivity index (χ3n) is 3.46. The molecular formula is C16H26FNO2. The number of likely N-dealkylation sites (N-methyl/N-ethyl adjacent to an activating group) is 1. The zero-order chi connectivity index (χ0) is 15.0. The van der Waals surface area contributed by atoms with E-state index in [1.54, 1.807) is 19.2 Å². The molecule has 2 atom stereocenters. The molecule has 0 fully saturated rings. The molecule has 1 N–H and O–H groups in total. The molecule has 2 unspecified atom stereocenters. The van der Waals surface area contributed by atoms with E-state index in [1.165, 1.54) is 7.11 Å². The molecule has 0 aromatic heterocycles. The minimum atomic E-state index is -0.315.